The number of nitrogens with two attached hydrogens (primary N) is 1. The van der Waals surface area contributed by atoms with Crippen LogP contribution in [0.5, 0.6) is 0 Å². The number of esters is 1. The van der Waals surface area contributed by atoms with Crippen molar-refractivity contribution in [2.75, 3.05) is 5.84 Å². The Morgan fingerprint density at radius 1 is 1.25 bits per heavy atom. The van der Waals surface area contributed by atoms with Crippen molar-refractivity contribution in [1.29, 1.82) is 0 Å². The van der Waals surface area contributed by atoms with Crippen LogP contribution in [0.4, 0.5) is 0 Å². The van der Waals surface area contributed by atoms with Gasteiger partial charge in [-0.25, -0.2) is 4.68 Å². The molecule has 0 spiro atoms. The van der Waals surface area contributed by atoms with E-state index >= 15 is 0 Å². The molecule has 0 saturated carbocycles. The quantitative estimate of drug-likeness (QED) is 0.680. The highest BCUT2D eigenvalue weighted by Gasteiger charge is 2.34. The molecule has 128 valence electrons. The minimum Gasteiger partial charge on any atom is -0.462 e. The van der Waals surface area contributed by atoms with Crippen molar-refractivity contribution < 1.29 is 9.53 Å². The van der Waals surface area contributed by atoms with Gasteiger partial charge in [0.25, 0.3) is 0 Å². The first-order valence-electron chi connectivity index (χ1n) is 7.94. The monoisotopic (exact) mass is 346 g/mol. The third kappa shape index (κ3) is 3.26. The van der Waals surface area contributed by atoms with Crippen molar-refractivity contribution in [2.45, 2.75) is 56.0 Å². The van der Waals surface area contributed by atoms with Gasteiger partial charge in [-0.3, -0.25) is 4.79 Å². The predicted octanol–water partition coefficient (Wildman–Crippen LogP) is 2.75. The van der Waals surface area contributed by atoms with E-state index in [4.69, 9.17) is 10.6 Å². The summed E-state index contributed by atoms with van der Waals surface area (Å²) in [5.74, 6) is 6.50. The number of ether oxygens (including phenoxy) is 1. The number of cyclic esters (lactones) is 1. The molecule has 1 aromatic carbocycles. The molecule has 2 aromatic rings. The van der Waals surface area contributed by atoms with Crippen LogP contribution in [-0.2, 0) is 14.9 Å². The zero-order valence-corrected chi connectivity index (χ0v) is 15.1. The Labute approximate surface area is 145 Å². The molecule has 3 rings (SSSR count). The summed E-state index contributed by atoms with van der Waals surface area (Å²) in [5, 5.41) is 8.55. The normalized spacial score (nSPS) is 21.1. The first-order chi connectivity index (χ1) is 11.3. The lowest BCUT2D eigenvalue weighted by Crippen LogP contribution is -2.16. The third-order valence-electron chi connectivity index (χ3n) is 4.05. The first-order valence-corrected chi connectivity index (χ1v) is 8.82. The fourth-order valence-corrected chi connectivity index (χ4v) is 3.68. The van der Waals surface area contributed by atoms with Gasteiger partial charge in [0.2, 0.25) is 5.16 Å². The maximum Gasteiger partial charge on any atom is 0.319 e. The molecule has 1 aromatic heterocycles. The third-order valence-corrected chi connectivity index (χ3v) is 5.21. The molecule has 1 aliphatic rings. The van der Waals surface area contributed by atoms with Crippen molar-refractivity contribution in [3.8, 4) is 11.4 Å². The smallest absolute Gasteiger partial charge is 0.319 e. The van der Waals surface area contributed by atoms with E-state index in [0.717, 1.165) is 5.56 Å². The number of hydrogen-bond donors (Lipinski definition) is 1. The van der Waals surface area contributed by atoms with Crippen LogP contribution in [0.25, 0.3) is 11.4 Å². The van der Waals surface area contributed by atoms with Crippen LogP contribution in [0, 0.1) is 0 Å². The van der Waals surface area contributed by atoms with Crippen LogP contribution in [0.3, 0.4) is 0 Å². The van der Waals surface area contributed by atoms with Gasteiger partial charge in [0.15, 0.2) is 5.82 Å². The van der Waals surface area contributed by atoms with E-state index in [1.807, 2.05) is 19.1 Å². The second kappa shape index (κ2) is 6.12. The molecule has 1 fully saturated rings. The molecule has 0 aliphatic carbocycles. The van der Waals surface area contributed by atoms with E-state index in [0.29, 0.717) is 17.4 Å². The Morgan fingerprint density at radius 2 is 1.92 bits per heavy atom. The Hall–Kier alpha value is -2.02. The summed E-state index contributed by atoms with van der Waals surface area (Å²) >= 11 is 1.30. The summed E-state index contributed by atoms with van der Waals surface area (Å²) < 4.78 is 6.60. The second-order valence-electron chi connectivity index (χ2n) is 7.09. The summed E-state index contributed by atoms with van der Waals surface area (Å²) in [6.07, 6.45) is 0.597. The molecular weight excluding hydrogens is 324 g/mol. The van der Waals surface area contributed by atoms with Gasteiger partial charge in [0.05, 0.1) is 0 Å². The summed E-state index contributed by atoms with van der Waals surface area (Å²) in [7, 11) is 0. The number of nitrogen functional groups attached to an aromatic ring is 1. The lowest BCUT2D eigenvalue weighted by atomic mass is 9.87. The molecule has 0 unspecified atom stereocenters. The molecule has 0 amide bonds. The van der Waals surface area contributed by atoms with E-state index in [1.165, 1.54) is 22.0 Å². The molecule has 7 heteroatoms. The molecule has 2 N–H and O–H groups in total. The number of carbonyl (C=O) groups is 1. The van der Waals surface area contributed by atoms with E-state index in [-0.39, 0.29) is 22.7 Å². The largest absolute Gasteiger partial charge is 0.462 e. The average Bonchev–Trinajstić information content (AvgIpc) is 3.02. The van der Waals surface area contributed by atoms with Gasteiger partial charge >= 0.3 is 5.97 Å². The van der Waals surface area contributed by atoms with Crippen molar-refractivity contribution >= 4 is 17.7 Å². The number of benzene rings is 1. The SMILES string of the molecule is C[C@H]1C[C@@H](Sc2nnc(-c3ccc(C(C)(C)C)cc3)n2N)C(=O)O1. The van der Waals surface area contributed by atoms with E-state index in [9.17, 15) is 4.79 Å². The van der Waals surface area contributed by atoms with Crippen molar-refractivity contribution in [3.05, 3.63) is 29.8 Å². The second-order valence-corrected chi connectivity index (χ2v) is 8.26. The van der Waals surface area contributed by atoms with Crippen LogP contribution in [-0.4, -0.2) is 32.2 Å². The minimum absolute atomic E-state index is 0.0615. The predicted molar refractivity (Wildman–Crippen MR) is 94.1 cm³/mol. The van der Waals surface area contributed by atoms with Crippen LogP contribution in [0.2, 0.25) is 0 Å². The fourth-order valence-electron chi connectivity index (χ4n) is 2.62. The van der Waals surface area contributed by atoms with E-state index in [2.05, 4.69) is 43.1 Å². The average molecular weight is 346 g/mol. The number of hydrogen-bond acceptors (Lipinski definition) is 6. The van der Waals surface area contributed by atoms with Gasteiger partial charge in [0.1, 0.15) is 11.4 Å². The Kier molecular flexibility index (Phi) is 4.29. The van der Waals surface area contributed by atoms with Crippen LogP contribution >= 0.6 is 11.8 Å². The summed E-state index contributed by atoms with van der Waals surface area (Å²) in [5.41, 5.74) is 2.23. The van der Waals surface area contributed by atoms with Crippen molar-refractivity contribution in [2.24, 2.45) is 0 Å². The molecule has 24 heavy (non-hydrogen) atoms. The van der Waals surface area contributed by atoms with E-state index < -0.39 is 0 Å². The molecule has 1 saturated heterocycles. The summed E-state index contributed by atoms with van der Waals surface area (Å²) in [6.45, 7) is 8.39. The van der Waals surface area contributed by atoms with Crippen LogP contribution in [0.15, 0.2) is 29.4 Å². The van der Waals surface area contributed by atoms with Gasteiger partial charge < -0.3 is 10.6 Å². The van der Waals surface area contributed by atoms with E-state index in [1.54, 1.807) is 0 Å². The maximum absolute atomic E-state index is 11.8. The fraction of sp³-hybridized carbons (Fsp3) is 0.471. The minimum atomic E-state index is -0.275. The number of nitrogens with zero attached hydrogens (tertiary/aromatic N) is 3. The Morgan fingerprint density at radius 3 is 2.46 bits per heavy atom. The number of thioether (sulfide) groups is 1. The van der Waals surface area contributed by atoms with Gasteiger partial charge in [0, 0.05) is 12.0 Å². The van der Waals surface area contributed by atoms with Gasteiger partial charge in [-0.15, -0.1) is 10.2 Å². The Bertz CT molecular complexity index is 749. The zero-order chi connectivity index (χ0) is 17.5. The maximum atomic E-state index is 11.8. The highest BCUT2D eigenvalue weighted by atomic mass is 32.2. The molecule has 0 bridgehead atoms. The molecule has 1 aliphatic heterocycles. The first kappa shape index (κ1) is 16.8. The lowest BCUT2D eigenvalue weighted by molar-refractivity contribution is -0.140. The van der Waals surface area contributed by atoms with Crippen LogP contribution in [0.1, 0.15) is 39.7 Å². The lowest BCUT2D eigenvalue weighted by Gasteiger charge is -2.19. The molecule has 2 heterocycles. The highest BCUT2D eigenvalue weighted by molar-refractivity contribution is 8.00. The molecule has 0 radical (unpaired) electrons. The topological polar surface area (TPSA) is 83.0 Å². The molecular formula is C17H22N4O2S. The van der Waals surface area contributed by atoms with Crippen molar-refractivity contribution in [1.82, 2.24) is 14.9 Å². The highest BCUT2D eigenvalue weighted by Crippen LogP contribution is 2.32. The number of carbonyl (C=O) groups excluding carboxylic acids is 1. The molecule has 2 atom stereocenters. The van der Waals surface area contributed by atoms with Gasteiger partial charge in [-0.05, 0) is 17.9 Å². The summed E-state index contributed by atoms with van der Waals surface area (Å²) in [4.78, 5) is 11.8. The zero-order valence-electron chi connectivity index (χ0n) is 14.3. The summed E-state index contributed by atoms with van der Waals surface area (Å²) in [6, 6.07) is 8.14. The van der Waals surface area contributed by atoms with Gasteiger partial charge in [-0.2, -0.15) is 0 Å². The standard InChI is InChI=1S/C17H22N4O2S/c1-10-9-13(15(22)23-10)24-16-20-19-14(21(16)18)11-5-7-12(8-6-11)17(2,3)4/h5-8,10,13H,9,18H2,1-4H3/t10-,13+/m0/s1. The molecule has 6 nitrogen and oxygen atoms in total. The van der Waals surface area contributed by atoms with Gasteiger partial charge in [-0.1, -0.05) is 56.8 Å². The number of rotatable bonds is 3. The number of aromatic nitrogens is 3. The van der Waals surface area contributed by atoms with Crippen molar-refractivity contribution in [3.63, 3.8) is 0 Å². The van der Waals surface area contributed by atoms with Crippen LogP contribution < -0.4 is 5.84 Å². The Balaban J connectivity index is 1.81.